The fourth-order valence-corrected chi connectivity index (χ4v) is 3.09. The van der Waals surface area contributed by atoms with Crippen molar-refractivity contribution in [3.05, 3.63) is 29.6 Å². The number of carbonyl (C=O) groups excluding carboxylic acids is 1. The summed E-state index contributed by atoms with van der Waals surface area (Å²) in [7, 11) is 0. The van der Waals surface area contributed by atoms with Gasteiger partial charge in [-0.3, -0.25) is 9.78 Å². The molecule has 1 amide bonds. The van der Waals surface area contributed by atoms with Crippen LogP contribution >= 0.6 is 24.8 Å². The fourth-order valence-electron chi connectivity index (χ4n) is 3.09. The van der Waals surface area contributed by atoms with Crippen molar-refractivity contribution >= 4 is 30.7 Å². The molecule has 1 N–H and O–H groups in total. The summed E-state index contributed by atoms with van der Waals surface area (Å²) in [6.07, 6.45) is 3.96. The van der Waals surface area contributed by atoms with Crippen molar-refractivity contribution in [1.29, 1.82) is 0 Å². The van der Waals surface area contributed by atoms with Gasteiger partial charge in [-0.2, -0.15) is 0 Å². The second-order valence-corrected chi connectivity index (χ2v) is 5.32. The Morgan fingerprint density at radius 1 is 1.40 bits per heavy atom. The van der Waals surface area contributed by atoms with Gasteiger partial charge in [-0.25, -0.2) is 0 Å². The van der Waals surface area contributed by atoms with Crippen molar-refractivity contribution in [3.8, 4) is 0 Å². The quantitative estimate of drug-likeness (QED) is 0.862. The van der Waals surface area contributed by atoms with Crippen LogP contribution in [-0.2, 0) is 0 Å². The number of piperidine rings is 1. The number of hydrogen-bond donors (Lipinski definition) is 1. The van der Waals surface area contributed by atoms with Gasteiger partial charge >= 0.3 is 0 Å². The number of fused-ring (bicyclic) bond motifs is 1. The van der Waals surface area contributed by atoms with Crippen LogP contribution in [-0.4, -0.2) is 41.5 Å². The first kappa shape index (κ1) is 17.2. The zero-order valence-electron chi connectivity index (χ0n) is 11.5. The third-order valence-corrected chi connectivity index (χ3v) is 4.15. The molecule has 0 aliphatic carbocycles. The smallest absolute Gasteiger partial charge is 0.272 e. The average molecular weight is 318 g/mol. The Labute approximate surface area is 132 Å². The number of aryl methyl sites for hydroxylation is 1. The molecular formula is C14H21Cl2N3O. The lowest BCUT2D eigenvalue weighted by Gasteiger charge is -2.34. The molecule has 2 saturated heterocycles. The summed E-state index contributed by atoms with van der Waals surface area (Å²) in [5.41, 5.74) is 1.58. The molecule has 1 aromatic rings. The van der Waals surface area contributed by atoms with Gasteiger partial charge in [0.2, 0.25) is 0 Å². The van der Waals surface area contributed by atoms with Crippen LogP contribution in [0.5, 0.6) is 0 Å². The van der Waals surface area contributed by atoms with Gasteiger partial charge in [0.25, 0.3) is 5.91 Å². The van der Waals surface area contributed by atoms with E-state index in [4.69, 9.17) is 0 Å². The largest absolute Gasteiger partial charge is 0.337 e. The van der Waals surface area contributed by atoms with Gasteiger partial charge in [-0.1, -0.05) is 6.07 Å². The van der Waals surface area contributed by atoms with Gasteiger partial charge in [-0.05, 0) is 43.9 Å². The standard InChI is InChI=1S/C14H19N3O.2ClH/c1-10-3-2-6-16-13(10)14(18)17-8-5-12-11(9-17)4-7-15-12;;/h2-3,6,11-12,15H,4-5,7-9H2,1H3;2*1H. The Bertz CT molecular complexity index is 469. The highest BCUT2D eigenvalue weighted by Crippen LogP contribution is 2.25. The second-order valence-electron chi connectivity index (χ2n) is 5.32. The van der Waals surface area contributed by atoms with E-state index in [0.717, 1.165) is 31.6 Å². The summed E-state index contributed by atoms with van der Waals surface area (Å²) in [6, 6.07) is 4.45. The Morgan fingerprint density at radius 2 is 2.20 bits per heavy atom. The molecule has 2 aliphatic heterocycles. The van der Waals surface area contributed by atoms with E-state index in [1.54, 1.807) is 6.20 Å². The first-order chi connectivity index (χ1) is 8.75. The number of halogens is 2. The molecule has 3 heterocycles. The number of nitrogens with one attached hydrogen (secondary N) is 1. The molecule has 2 unspecified atom stereocenters. The van der Waals surface area contributed by atoms with E-state index in [1.807, 2.05) is 24.0 Å². The minimum atomic E-state index is 0. The highest BCUT2D eigenvalue weighted by atomic mass is 35.5. The van der Waals surface area contributed by atoms with Gasteiger partial charge in [0, 0.05) is 25.3 Å². The van der Waals surface area contributed by atoms with Crippen LogP contribution in [0.15, 0.2) is 18.3 Å². The minimum absolute atomic E-state index is 0. The first-order valence-corrected chi connectivity index (χ1v) is 6.70. The molecule has 20 heavy (non-hydrogen) atoms. The highest BCUT2D eigenvalue weighted by Gasteiger charge is 2.34. The van der Waals surface area contributed by atoms with Crippen molar-refractivity contribution in [1.82, 2.24) is 15.2 Å². The summed E-state index contributed by atoms with van der Waals surface area (Å²) < 4.78 is 0. The average Bonchev–Trinajstić information content (AvgIpc) is 2.85. The van der Waals surface area contributed by atoms with Gasteiger partial charge < -0.3 is 10.2 Å². The Morgan fingerprint density at radius 3 is 2.95 bits per heavy atom. The fraction of sp³-hybridized carbons (Fsp3) is 0.571. The van der Waals surface area contributed by atoms with Gasteiger partial charge in [0.05, 0.1) is 0 Å². The van der Waals surface area contributed by atoms with Crippen LogP contribution in [0.4, 0.5) is 0 Å². The molecular weight excluding hydrogens is 297 g/mol. The third-order valence-electron chi connectivity index (χ3n) is 4.15. The van der Waals surface area contributed by atoms with Gasteiger partial charge in [0.1, 0.15) is 5.69 Å². The monoisotopic (exact) mass is 317 g/mol. The van der Waals surface area contributed by atoms with Crippen molar-refractivity contribution in [3.63, 3.8) is 0 Å². The first-order valence-electron chi connectivity index (χ1n) is 6.70. The maximum absolute atomic E-state index is 12.5. The number of hydrogen-bond acceptors (Lipinski definition) is 3. The van der Waals surface area contributed by atoms with Crippen LogP contribution in [0.1, 0.15) is 28.9 Å². The van der Waals surface area contributed by atoms with Crippen molar-refractivity contribution in [2.75, 3.05) is 19.6 Å². The van der Waals surface area contributed by atoms with Crippen molar-refractivity contribution in [2.45, 2.75) is 25.8 Å². The second kappa shape index (κ2) is 7.25. The predicted octanol–water partition coefficient (Wildman–Crippen LogP) is 2.06. The SMILES string of the molecule is Cc1cccnc1C(=O)N1CCC2NCCC2C1.Cl.Cl. The summed E-state index contributed by atoms with van der Waals surface area (Å²) in [4.78, 5) is 18.7. The minimum Gasteiger partial charge on any atom is -0.337 e. The van der Waals surface area contributed by atoms with E-state index >= 15 is 0 Å². The molecule has 2 atom stereocenters. The van der Waals surface area contributed by atoms with Crippen LogP contribution < -0.4 is 5.32 Å². The normalized spacial score (nSPS) is 24.4. The van der Waals surface area contributed by atoms with E-state index < -0.39 is 0 Å². The van der Waals surface area contributed by atoms with Gasteiger partial charge in [-0.15, -0.1) is 24.8 Å². The molecule has 4 nitrogen and oxygen atoms in total. The maximum Gasteiger partial charge on any atom is 0.272 e. The predicted molar refractivity (Wildman–Crippen MR) is 83.9 cm³/mol. The van der Waals surface area contributed by atoms with E-state index in [0.29, 0.717) is 17.7 Å². The molecule has 2 fully saturated rings. The lowest BCUT2D eigenvalue weighted by molar-refractivity contribution is 0.0655. The van der Waals surface area contributed by atoms with Crippen LogP contribution in [0, 0.1) is 12.8 Å². The van der Waals surface area contributed by atoms with E-state index in [-0.39, 0.29) is 30.7 Å². The van der Waals surface area contributed by atoms with E-state index in [2.05, 4.69) is 10.3 Å². The number of amides is 1. The molecule has 2 aliphatic rings. The van der Waals surface area contributed by atoms with Crippen LogP contribution in [0.25, 0.3) is 0 Å². The van der Waals surface area contributed by atoms with Crippen LogP contribution in [0.2, 0.25) is 0 Å². The van der Waals surface area contributed by atoms with E-state index in [1.165, 1.54) is 6.42 Å². The zero-order valence-corrected chi connectivity index (χ0v) is 13.2. The summed E-state index contributed by atoms with van der Waals surface area (Å²) in [5.74, 6) is 0.727. The number of rotatable bonds is 1. The van der Waals surface area contributed by atoms with Crippen LogP contribution in [0.3, 0.4) is 0 Å². The summed E-state index contributed by atoms with van der Waals surface area (Å²) >= 11 is 0. The zero-order chi connectivity index (χ0) is 12.5. The Hall–Kier alpha value is -0.840. The highest BCUT2D eigenvalue weighted by molar-refractivity contribution is 5.93. The van der Waals surface area contributed by atoms with E-state index in [9.17, 15) is 4.79 Å². The molecule has 0 radical (unpaired) electrons. The molecule has 0 saturated carbocycles. The van der Waals surface area contributed by atoms with Crippen molar-refractivity contribution in [2.24, 2.45) is 5.92 Å². The van der Waals surface area contributed by atoms with Crippen molar-refractivity contribution < 1.29 is 4.79 Å². The Kier molecular flexibility index (Phi) is 6.24. The topological polar surface area (TPSA) is 45.2 Å². The number of aromatic nitrogens is 1. The summed E-state index contributed by atoms with van der Waals surface area (Å²) in [5, 5.41) is 3.52. The maximum atomic E-state index is 12.5. The molecule has 0 spiro atoms. The molecule has 0 bridgehead atoms. The molecule has 0 aromatic carbocycles. The number of likely N-dealkylation sites (tertiary alicyclic amines) is 1. The van der Waals surface area contributed by atoms with Gasteiger partial charge in [0.15, 0.2) is 0 Å². The third kappa shape index (κ3) is 3.25. The molecule has 112 valence electrons. The molecule has 6 heteroatoms. The number of carbonyl (C=O) groups is 1. The molecule has 1 aromatic heterocycles. The number of pyridine rings is 1. The lowest BCUT2D eigenvalue weighted by atomic mass is 9.93. The number of nitrogens with zero attached hydrogens (tertiary/aromatic N) is 2. The lowest BCUT2D eigenvalue weighted by Crippen LogP contribution is -2.47. The Balaban J connectivity index is 0.000001000. The summed E-state index contributed by atoms with van der Waals surface area (Å²) in [6.45, 7) is 4.78. The molecule has 3 rings (SSSR count).